The third-order valence-electron chi connectivity index (χ3n) is 7.36. The average molecular weight is 582 g/mol. The van der Waals surface area contributed by atoms with E-state index in [4.69, 9.17) is 4.52 Å². The zero-order chi connectivity index (χ0) is 29.6. The van der Waals surface area contributed by atoms with E-state index in [1.165, 1.54) is 6.07 Å². The Labute approximate surface area is 237 Å². The van der Waals surface area contributed by atoms with Crippen LogP contribution in [0.1, 0.15) is 28.2 Å². The van der Waals surface area contributed by atoms with Gasteiger partial charge in [0.1, 0.15) is 6.54 Å². The Hall–Kier alpha value is -4.52. The van der Waals surface area contributed by atoms with Crippen molar-refractivity contribution in [2.24, 2.45) is 4.99 Å². The van der Waals surface area contributed by atoms with E-state index >= 15 is 0 Å². The van der Waals surface area contributed by atoms with Crippen LogP contribution in [0, 0.1) is 6.92 Å². The van der Waals surface area contributed by atoms with Crippen molar-refractivity contribution in [1.82, 2.24) is 29.9 Å². The molecule has 1 atom stereocenters. The number of H-pyrrole nitrogens is 1. The number of alkyl halides is 4. The van der Waals surface area contributed by atoms with Crippen LogP contribution in [-0.4, -0.2) is 68.7 Å². The number of aryl methyl sites for hydroxylation is 1. The highest BCUT2D eigenvalue weighted by atomic mass is 19.4. The Morgan fingerprint density at radius 2 is 2.05 bits per heavy atom. The number of nitrogens with zero attached hydrogens (tertiary/aromatic N) is 5. The lowest BCUT2D eigenvalue weighted by Gasteiger charge is -2.26. The smallest absolute Gasteiger partial charge is 0.361 e. The summed E-state index contributed by atoms with van der Waals surface area (Å²) in [5.74, 6) is -0.436. The SMILES string of the molecule is Cc1c[nH]c2cc(C(=O)NCc3nc(-c4cc5c(N=C6CCN(C)C[C@@H]6F)cccc5n4CC(F)(F)F)no3)ccc12. The third-order valence-corrected chi connectivity index (χ3v) is 7.36. The molecule has 13 heteroatoms. The number of nitrogens with one attached hydrogen (secondary N) is 2. The van der Waals surface area contributed by atoms with Gasteiger partial charge in [0.25, 0.3) is 5.91 Å². The first kappa shape index (κ1) is 27.6. The number of piperidine rings is 1. The molecule has 0 spiro atoms. The quantitative estimate of drug-likeness (QED) is 0.250. The molecule has 6 rings (SSSR count). The molecule has 0 aliphatic carbocycles. The monoisotopic (exact) mass is 581 g/mol. The number of fused-ring (bicyclic) bond motifs is 2. The Balaban J connectivity index is 1.28. The highest BCUT2D eigenvalue weighted by Crippen LogP contribution is 2.36. The number of rotatable bonds is 6. The summed E-state index contributed by atoms with van der Waals surface area (Å²) in [5, 5.41) is 8.02. The van der Waals surface area contributed by atoms with Gasteiger partial charge < -0.3 is 24.3 Å². The van der Waals surface area contributed by atoms with Crippen LogP contribution in [-0.2, 0) is 13.1 Å². The third kappa shape index (κ3) is 5.51. The Bertz CT molecular complexity index is 1820. The highest BCUT2D eigenvalue weighted by molar-refractivity contribution is 6.00. The van der Waals surface area contributed by atoms with Crippen molar-refractivity contribution in [3.63, 3.8) is 0 Å². The summed E-state index contributed by atoms with van der Waals surface area (Å²) in [6, 6.07) is 11.5. The maximum atomic E-state index is 14.7. The number of likely N-dealkylation sites (tertiary alicyclic amines) is 1. The van der Waals surface area contributed by atoms with Gasteiger partial charge in [0, 0.05) is 47.6 Å². The molecule has 0 radical (unpaired) electrons. The molecule has 1 aliphatic rings. The van der Waals surface area contributed by atoms with Gasteiger partial charge in [-0.15, -0.1) is 0 Å². The van der Waals surface area contributed by atoms with Gasteiger partial charge in [0.2, 0.25) is 11.7 Å². The zero-order valence-electron chi connectivity index (χ0n) is 22.8. The predicted octanol–water partition coefficient (Wildman–Crippen LogP) is 5.72. The van der Waals surface area contributed by atoms with E-state index in [1.807, 2.05) is 31.1 Å². The number of aromatic nitrogens is 4. The van der Waals surface area contributed by atoms with Crippen molar-refractivity contribution in [3.05, 3.63) is 65.7 Å². The van der Waals surface area contributed by atoms with Crippen molar-refractivity contribution in [2.45, 2.75) is 38.8 Å². The first-order valence-electron chi connectivity index (χ1n) is 13.3. The molecule has 1 fully saturated rings. The molecule has 3 aromatic heterocycles. The van der Waals surface area contributed by atoms with Gasteiger partial charge >= 0.3 is 6.18 Å². The minimum Gasteiger partial charge on any atom is -0.361 e. The number of aliphatic imine (C=N–C) groups is 1. The number of carbonyl (C=O) groups excluding carboxylic acids is 1. The number of halogens is 4. The van der Waals surface area contributed by atoms with Gasteiger partial charge in [-0.3, -0.25) is 9.79 Å². The Kier molecular flexibility index (Phi) is 7.05. The van der Waals surface area contributed by atoms with Crippen LogP contribution < -0.4 is 5.32 Å². The van der Waals surface area contributed by atoms with E-state index in [9.17, 15) is 22.4 Å². The Morgan fingerprint density at radius 1 is 1.21 bits per heavy atom. The van der Waals surface area contributed by atoms with Gasteiger partial charge in [-0.05, 0) is 49.9 Å². The summed E-state index contributed by atoms with van der Waals surface area (Å²) in [6.45, 7) is 1.38. The van der Waals surface area contributed by atoms with Gasteiger partial charge in [0.05, 0.1) is 29.2 Å². The van der Waals surface area contributed by atoms with Crippen molar-refractivity contribution in [1.29, 1.82) is 0 Å². The molecule has 0 saturated carbocycles. The zero-order valence-corrected chi connectivity index (χ0v) is 22.8. The number of hydrogen-bond acceptors (Lipinski definition) is 6. The largest absolute Gasteiger partial charge is 0.406 e. The van der Waals surface area contributed by atoms with E-state index in [0.29, 0.717) is 35.3 Å². The molecule has 4 heterocycles. The number of carbonyl (C=O) groups is 1. The predicted molar refractivity (Wildman–Crippen MR) is 150 cm³/mol. The van der Waals surface area contributed by atoms with E-state index in [1.54, 1.807) is 30.3 Å². The second-order valence-corrected chi connectivity index (χ2v) is 10.5. The van der Waals surface area contributed by atoms with Crippen molar-refractivity contribution >= 4 is 39.1 Å². The van der Waals surface area contributed by atoms with Crippen LogP contribution in [0.15, 0.2) is 58.2 Å². The van der Waals surface area contributed by atoms with Crippen LogP contribution in [0.4, 0.5) is 23.2 Å². The lowest BCUT2D eigenvalue weighted by molar-refractivity contribution is -0.139. The van der Waals surface area contributed by atoms with Gasteiger partial charge in [-0.25, -0.2) is 4.39 Å². The number of aromatic amines is 1. The minimum absolute atomic E-state index is 0.0195. The summed E-state index contributed by atoms with van der Waals surface area (Å²) in [7, 11) is 1.82. The summed E-state index contributed by atoms with van der Waals surface area (Å²) >= 11 is 0. The summed E-state index contributed by atoms with van der Waals surface area (Å²) in [4.78, 5) is 26.5. The van der Waals surface area contributed by atoms with E-state index in [-0.39, 0.29) is 41.9 Å². The molecule has 2 aromatic carbocycles. The second kappa shape index (κ2) is 10.7. The van der Waals surface area contributed by atoms with Crippen molar-refractivity contribution < 1.29 is 26.9 Å². The van der Waals surface area contributed by atoms with E-state index < -0.39 is 18.9 Å². The molecule has 5 aromatic rings. The fourth-order valence-electron chi connectivity index (χ4n) is 5.22. The molecule has 1 aliphatic heterocycles. The van der Waals surface area contributed by atoms with Gasteiger partial charge in [0.15, 0.2) is 6.17 Å². The molecule has 0 bridgehead atoms. The Morgan fingerprint density at radius 3 is 2.83 bits per heavy atom. The standard InChI is InChI=1S/C29H27F4N7O2/c1-16-12-34-23-10-17(6-7-18(16)23)28(41)35-13-26-37-27(38-42-26)25-11-19-21(36-22-8-9-39(2)14-20(22)30)4-3-5-24(19)40(25)15-29(31,32)33/h3-7,10-12,20,34H,8-9,13-15H2,1-2H3,(H,35,41)/t20-/m0/s1. The van der Waals surface area contributed by atoms with Gasteiger partial charge in [-0.1, -0.05) is 17.3 Å². The highest BCUT2D eigenvalue weighted by Gasteiger charge is 2.31. The summed E-state index contributed by atoms with van der Waals surface area (Å²) in [6.07, 6.45) is -3.53. The number of amides is 1. The molecule has 0 unspecified atom stereocenters. The molecular formula is C29H27F4N7O2. The molecule has 9 nitrogen and oxygen atoms in total. The fraction of sp³-hybridized carbons (Fsp3) is 0.310. The molecule has 42 heavy (non-hydrogen) atoms. The first-order valence-corrected chi connectivity index (χ1v) is 13.3. The molecular weight excluding hydrogens is 554 g/mol. The normalized spacial score (nSPS) is 17.5. The molecule has 2 N–H and O–H groups in total. The molecule has 1 saturated heterocycles. The summed E-state index contributed by atoms with van der Waals surface area (Å²) in [5.41, 5.74) is 3.33. The van der Waals surface area contributed by atoms with Crippen molar-refractivity contribution in [3.8, 4) is 11.5 Å². The topological polar surface area (TPSA) is 104 Å². The van der Waals surface area contributed by atoms with Crippen LogP contribution in [0.3, 0.4) is 0 Å². The van der Waals surface area contributed by atoms with Crippen LogP contribution in [0.25, 0.3) is 33.3 Å². The second-order valence-electron chi connectivity index (χ2n) is 10.5. The van der Waals surface area contributed by atoms with Gasteiger partial charge in [-0.2, -0.15) is 18.2 Å². The lowest BCUT2D eigenvalue weighted by atomic mass is 10.1. The van der Waals surface area contributed by atoms with Crippen LogP contribution >= 0.6 is 0 Å². The van der Waals surface area contributed by atoms with Crippen LogP contribution in [0.2, 0.25) is 0 Å². The van der Waals surface area contributed by atoms with E-state index in [2.05, 4.69) is 25.4 Å². The number of benzene rings is 2. The molecule has 218 valence electrons. The maximum Gasteiger partial charge on any atom is 0.406 e. The average Bonchev–Trinajstić information content (AvgIpc) is 3.66. The first-order chi connectivity index (χ1) is 20.1. The fourth-order valence-corrected chi connectivity index (χ4v) is 5.22. The minimum atomic E-state index is -4.54. The summed E-state index contributed by atoms with van der Waals surface area (Å²) < 4.78 is 62.0. The maximum absolute atomic E-state index is 14.7. The van der Waals surface area contributed by atoms with E-state index in [0.717, 1.165) is 21.0 Å². The molecule has 1 amide bonds. The van der Waals surface area contributed by atoms with Crippen molar-refractivity contribution in [2.75, 3.05) is 20.1 Å². The van der Waals surface area contributed by atoms with Crippen LogP contribution in [0.5, 0.6) is 0 Å². The lowest BCUT2D eigenvalue weighted by Crippen LogP contribution is -2.39. The number of hydrogen-bond donors (Lipinski definition) is 2.